The Balaban J connectivity index is 2.02. The first-order valence-electron chi connectivity index (χ1n) is 6.30. The quantitative estimate of drug-likeness (QED) is 0.685. The second-order valence-corrected chi connectivity index (χ2v) is 4.49. The average Bonchev–Trinajstić information content (AvgIpc) is 2.32. The maximum absolute atomic E-state index is 11.8. The SMILES string of the molecule is NCCCN1CCN(CCOCC(F)(F)F)CC1. The van der Waals surface area contributed by atoms with Crippen LogP contribution in [0.15, 0.2) is 0 Å². The summed E-state index contributed by atoms with van der Waals surface area (Å²) < 4.78 is 40.1. The van der Waals surface area contributed by atoms with Gasteiger partial charge in [-0.25, -0.2) is 0 Å². The van der Waals surface area contributed by atoms with Gasteiger partial charge in [0.15, 0.2) is 0 Å². The molecule has 0 aromatic rings. The first-order valence-corrected chi connectivity index (χ1v) is 6.30. The summed E-state index contributed by atoms with van der Waals surface area (Å²) in [5.74, 6) is 0. The molecule has 7 heteroatoms. The summed E-state index contributed by atoms with van der Waals surface area (Å²) in [6.45, 7) is 4.96. The van der Waals surface area contributed by atoms with Gasteiger partial charge in [-0.2, -0.15) is 13.2 Å². The lowest BCUT2D eigenvalue weighted by molar-refractivity contribution is -0.174. The Bertz CT molecular complexity index is 218. The van der Waals surface area contributed by atoms with E-state index in [2.05, 4.69) is 14.5 Å². The van der Waals surface area contributed by atoms with Gasteiger partial charge in [-0.15, -0.1) is 0 Å². The zero-order chi connectivity index (χ0) is 13.4. The van der Waals surface area contributed by atoms with E-state index in [0.717, 1.165) is 39.1 Å². The summed E-state index contributed by atoms with van der Waals surface area (Å²) in [6.07, 6.45) is -3.23. The molecule has 1 saturated heterocycles. The van der Waals surface area contributed by atoms with Crippen molar-refractivity contribution in [2.75, 3.05) is 59.0 Å². The van der Waals surface area contributed by atoms with Crippen LogP contribution < -0.4 is 5.73 Å². The number of hydrogen-bond donors (Lipinski definition) is 1. The minimum Gasteiger partial charge on any atom is -0.371 e. The van der Waals surface area contributed by atoms with Crippen molar-refractivity contribution in [1.29, 1.82) is 0 Å². The molecule has 0 saturated carbocycles. The van der Waals surface area contributed by atoms with Gasteiger partial charge in [0.25, 0.3) is 0 Å². The number of piperazine rings is 1. The molecule has 1 rings (SSSR count). The van der Waals surface area contributed by atoms with Crippen molar-refractivity contribution in [2.24, 2.45) is 5.73 Å². The van der Waals surface area contributed by atoms with Gasteiger partial charge in [0.1, 0.15) is 6.61 Å². The van der Waals surface area contributed by atoms with E-state index in [1.807, 2.05) is 0 Å². The molecule has 0 unspecified atom stereocenters. The van der Waals surface area contributed by atoms with Crippen LogP contribution in [0.2, 0.25) is 0 Å². The molecule has 1 heterocycles. The third-order valence-electron chi connectivity index (χ3n) is 2.96. The van der Waals surface area contributed by atoms with Crippen molar-refractivity contribution in [2.45, 2.75) is 12.6 Å². The highest BCUT2D eigenvalue weighted by molar-refractivity contribution is 4.71. The molecule has 0 aliphatic carbocycles. The van der Waals surface area contributed by atoms with Gasteiger partial charge >= 0.3 is 6.18 Å². The minimum absolute atomic E-state index is 0.141. The lowest BCUT2D eigenvalue weighted by Gasteiger charge is -2.34. The van der Waals surface area contributed by atoms with Crippen molar-refractivity contribution >= 4 is 0 Å². The topological polar surface area (TPSA) is 41.7 Å². The molecule has 0 spiro atoms. The van der Waals surface area contributed by atoms with Crippen LogP contribution in [-0.2, 0) is 4.74 Å². The molecular weight excluding hydrogens is 247 g/mol. The van der Waals surface area contributed by atoms with E-state index < -0.39 is 12.8 Å². The predicted octanol–water partition coefficient (Wildman–Crippen LogP) is 0.532. The summed E-state index contributed by atoms with van der Waals surface area (Å²) in [5.41, 5.74) is 5.44. The van der Waals surface area contributed by atoms with E-state index >= 15 is 0 Å². The minimum atomic E-state index is -4.22. The molecule has 0 atom stereocenters. The predicted molar refractivity (Wildman–Crippen MR) is 63.4 cm³/mol. The summed E-state index contributed by atoms with van der Waals surface area (Å²) in [4.78, 5) is 4.47. The Hall–Kier alpha value is -0.370. The molecule has 1 aliphatic rings. The van der Waals surface area contributed by atoms with Gasteiger partial charge < -0.3 is 15.4 Å². The van der Waals surface area contributed by atoms with Gasteiger partial charge in [-0.1, -0.05) is 0 Å². The standard InChI is InChI=1S/C11H22F3N3O/c12-11(13,14)10-18-9-8-17-6-4-16(5-7-17)3-1-2-15/h1-10,15H2. The zero-order valence-corrected chi connectivity index (χ0v) is 10.6. The van der Waals surface area contributed by atoms with E-state index in [4.69, 9.17) is 5.73 Å². The molecule has 108 valence electrons. The molecular formula is C11H22F3N3O. The van der Waals surface area contributed by atoms with E-state index in [1.54, 1.807) is 0 Å². The molecule has 0 radical (unpaired) electrons. The van der Waals surface area contributed by atoms with Crippen molar-refractivity contribution < 1.29 is 17.9 Å². The summed E-state index contributed by atoms with van der Waals surface area (Å²) in [6, 6.07) is 0. The van der Waals surface area contributed by atoms with Crippen LogP contribution in [0.4, 0.5) is 13.2 Å². The molecule has 4 nitrogen and oxygen atoms in total. The second-order valence-electron chi connectivity index (χ2n) is 4.49. The summed E-state index contributed by atoms with van der Waals surface area (Å²) in [7, 11) is 0. The molecule has 0 bridgehead atoms. The number of hydrogen-bond acceptors (Lipinski definition) is 4. The maximum atomic E-state index is 11.8. The van der Waals surface area contributed by atoms with Crippen LogP contribution in [0, 0.1) is 0 Å². The Kier molecular flexibility index (Phi) is 6.91. The van der Waals surface area contributed by atoms with Gasteiger partial charge in [-0.3, -0.25) is 4.90 Å². The fourth-order valence-corrected chi connectivity index (χ4v) is 1.93. The number of ether oxygens (including phenoxy) is 1. The monoisotopic (exact) mass is 269 g/mol. The Morgan fingerprint density at radius 2 is 1.56 bits per heavy atom. The molecule has 1 aliphatic heterocycles. The van der Waals surface area contributed by atoms with Crippen LogP contribution in [0.25, 0.3) is 0 Å². The summed E-state index contributed by atoms with van der Waals surface area (Å²) in [5, 5.41) is 0. The fourth-order valence-electron chi connectivity index (χ4n) is 1.93. The van der Waals surface area contributed by atoms with Gasteiger partial charge in [-0.05, 0) is 19.5 Å². The van der Waals surface area contributed by atoms with E-state index in [9.17, 15) is 13.2 Å². The third kappa shape index (κ3) is 7.15. The highest BCUT2D eigenvalue weighted by Gasteiger charge is 2.27. The largest absolute Gasteiger partial charge is 0.411 e. The number of rotatable bonds is 7. The first-order chi connectivity index (χ1) is 8.51. The molecule has 18 heavy (non-hydrogen) atoms. The highest BCUT2D eigenvalue weighted by Crippen LogP contribution is 2.14. The van der Waals surface area contributed by atoms with Crippen LogP contribution in [0.3, 0.4) is 0 Å². The van der Waals surface area contributed by atoms with Crippen LogP contribution >= 0.6 is 0 Å². The van der Waals surface area contributed by atoms with E-state index in [1.165, 1.54) is 0 Å². The fraction of sp³-hybridized carbons (Fsp3) is 1.00. The highest BCUT2D eigenvalue weighted by atomic mass is 19.4. The number of nitrogens with two attached hydrogens (primary N) is 1. The Morgan fingerprint density at radius 3 is 2.06 bits per heavy atom. The molecule has 0 aromatic heterocycles. The van der Waals surface area contributed by atoms with Gasteiger partial charge in [0, 0.05) is 32.7 Å². The molecule has 0 amide bonds. The van der Waals surface area contributed by atoms with Crippen molar-refractivity contribution in [3.8, 4) is 0 Å². The van der Waals surface area contributed by atoms with E-state index in [-0.39, 0.29) is 6.61 Å². The average molecular weight is 269 g/mol. The second kappa shape index (κ2) is 7.93. The molecule has 0 aromatic carbocycles. The Labute approximate surface area is 106 Å². The Morgan fingerprint density at radius 1 is 1.00 bits per heavy atom. The van der Waals surface area contributed by atoms with Crippen LogP contribution in [0.1, 0.15) is 6.42 Å². The molecule has 2 N–H and O–H groups in total. The van der Waals surface area contributed by atoms with Gasteiger partial charge in [0.2, 0.25) is 0 Å². The van der Waals surface area contributed by atoms with Crippen LogP contribution in [-0.4, -0.2) is 75.0 Å². The summed E-state index contributed by atoms with van der Waals surface area (Å²) >= 11 is 0. The number of nitrogens with zero attached hydrogens (tertiary/aromatic N) is 2. The van der Waals surface area contributed by atoms with Crippen molar-refractivity contribution in [1.82, 2.24) is 9.80 Å². The number of alkyl halides is 3. The normalized spacial score (nSPS) is 19.3. The van der Waals surface area contributed by atoms with Gasteiger partial charge in [0.05, 0.1) is 6.61 Å². The zero-order valence-electron chi connectivity index (χ0n) is 10.6. The van der Waals surface area contributed by atoms with Crippen molar-refractivity contribution in [3.63, 3.8) is 0 Å². The lowest BCUT2D eigenvalue weighted by Crippen LogP contribution is -2.47. The lowest BCUT2D eigenvalue weighted by atomic mass is 10.3. The maximum Gasteiger partial charge on any atom is 0.411 e. The smallest absolute Gasteiger partial charge is 0.371 e. The molecule has 1 fully saturated rings. The third-order valence-corrected chi connectivity index (χ3v) is 2.96. The van der Waals surface area contributed by atoms with E-state index in [0.29, 0.717) is 13.1 Å². The van der Waals surface area contributed by atoms with Crippen LogP contribution in [0.5, 0.6) is 0 Å². The first kappa shape index (κ1) is 15.7. The van der Waals surface area contributed by atoms with Crippen molar-refractivity contribution in [3.05, 3.63) is 0 Å². The number of halogens is 3.